The second-order valence-electron chi connectivity index (χ2n) is 6.11. The number of benzene rings is 1. The molecule has 0 fully saturated rings. The summed E-state index contributed by atoms with van der Waals surface area (Å²) >= 11 is 0. The number of aromatic nitrogens is 1. The lowest BCUT2D eigenvalue weighted by Gasteiger charge is -2.29. The van der Waals surface area contributed by atoms with Crippen LogP contribution in [-0.2, 0) is 18.3 Å². The van der Waals surface area contributed by atoms with Gasteiger partial charge in [0.15, 0.2) is 0 Å². The maximum absolute atomic E-state index is 14.2. The molecule has 1 amide bonds. The Morgan fingerprint density at radius 2 is 2.08 bits per heavy atom. The highest BCUT2D eigenvalue weighted by atomic mass is 19.1. The number of hydrogen-bond acceptors (Lipinski definition) is 5. The maximum atomic E-state index is 14.2. The molecule has 2 N–H and O–H groups in total. The van der Waals surface area contributed by atoms with Crippen molar-refractivity contribution in [1.29, 1.82) is 0 Å². The molecule has 2 heterocycles. The number of pyridine rings is 1. The number of hydrogen-bond donors (Lipinski definition) is 2. The minimum atomic E-state index is -0.480. The first-order valence-corrected chi connectivity index (χ1v) is 8.24. The molecule has 26 heavy (non-hydrogen) atoms. The molecular formula is C18H20FN3O4. The molecule has 0 atom stereocenters. The lowest BCUT2D eigenvalue weighted by atomic mass is 10.0. The Morgan fingerprint density at radius 3 is 2.77 bits per heavy atom. The predicted molar refractivity (Wildman–Crippen MR) is 93.9 cm³/mol. The molecule has 1 aliphatic rings. The van der Waals surface area contributed by atoms with Gasteiger partial charge in [-0.1, -0.05) is 6.07 Å². The molecule has 0 spiro atoms. The molecule has 1 aromatic heterocycles. The van der Waals surface area contributed by atoms with Crippen LogP contribution in [-0.4, -0.2) is 40.4 Å². The van der Waals surface area contributed by atoms with Gasteiger partial charge in [-0.15, -0.1) is 0 Å². The number of fused-ring (bicyclic) bond motifs is 1. The summed E-state index contributed by atoms with van der Waals surface area (Å²) in [6.07, 6.45) is 0.424. The SMILES string of the molecule is Cc1ccc(Nc2c3c(cc(=O)n2C)CCN(OCCO)C3=O)c(F)c1. The van der Waals surface area contributed by atoms with Gasteiger partial charge in [-0.25, -0.2) is 9.45 Å². The van der Waals surface area contributed by atoms with E-state index >= 15 is 0 Å². The van der Waals surface area contributed by atoms with E-state index in [1.165, 1.54) is 23.7 Å². The number of aryl methyl sites for hydroxylation is 1. The van der Waals surface area contributed by atoms with E-state index in [4.69, 9.17) is 9.94 Å². The molecule has 8 heteroatoms. The third kappa shape index (κ3) is 3.33. The van der Waals surface area contributed by atoms with Crippen LogP contribution in [0.2, 0.25) is 0 Å². The molecule has 2 aromatic rings. The van der Waals surface area contributed by atoms with E-state index in [2.05, 4.69) is 5.32 Å². The number of hydroxylamine groups is 2. The molecular weight excluding hydrogens is 341 g/mol. The fraction of sp³-hybridized carbons (Fsp3) is 0.333. The Labute approximate surface area is 149 Å². The van der Waals surface area contributed by atoms with Crippen LogP contribution in [0.1, 0.15) is 21.5 Å². The van der Waals surface area contributed by atoms with E-state index in [1.807, 2.05) is 0 Å². The third-order valence-electron chi connectivity index (χ3n) is 4.26. The van der Waals surface area contributed by atoms with Crippen molar-refractivity contribution >= 4 is 17.4 Å². The van der Waals surface area contributed by atoms with Gasteiger partial charge < -0.3 is 10.4 Å². The van der Waals surface area contributed by atoms with Crippen LogP contribution in [0.5, 0.6) is 0 Å². The molecule has 3 rings (SSSR count). The first-order valence-electron chi connectivity index (χ1n) is 8.24. The van der Waals surface area contributed by atoms with E-state index in [1.54, 1.807) is 19.1 Å². The number of anilines is 2. The summed E-state index contributed by atoms with van der Waals surface area (Å²) in [5.74, 6) is -0.713. The molecule has 7 nitrogen and oxygen atoms in total. The summed E-state index contributed by atoms with van der Waals surface area (Å²) in [6.45, 7) is 1.82. The van der Waals surface area contributed by atoms with Crippen molar-refractivity contribution in [2.24, 2.45) is 7.05 Å². The van der Waals surface area contributed by atoms with Crippen LogP contribution >= 0.6 is 0 Å². The van der Waals surface area contributed by atoms with Crippen LogP contribution in [0, 0.1) is 12.7 Å². The third-order valence-corrected chi connectivity index (χ3v) is 4.26. The average molecular weight is 361 g/mol. The number of nitrogens with zero attached hydrogens (tertiary/aromatic N) is 2. The van der Waals surface area contributed by atoms with Gasteiger partial charge in [0.1, 0.15) is 11.6 Å². The molecule has 0 saturated carbocycles. The lowest BCUT2D eigenvalue weighted by molar-refractivity contribution is -0.132. The van der Waals surface area contributed by atoms with Crippen LogP contribution in [0.3, 0.4) is 0 Å². The first-order chi connectivity index (χ1) is 12.4. The van der Waals surface area contributed by atoms with E-state index in [0.717, 1.165) is 10.6 Å². The van der Waals surface area contributed by atoms with Crippen LogP contribution in [0.4, 0.5) is 15.9 Å². The maximum Gasteiger partial charge on any atom is 0.281 e. The van der Waals surface area contributed by atoms with E-state index in [0.29, 0.717) is 12.0 Å². The van der Waals surface area contributed by atoms with Gasteiger partial charge in [0, 0.05) is 13.1 Å². The van der Waals surface area contributed by atoms with Crippen molar-refractivity contribution in [2.45, 2.75) is 13.3 Å². The van der Waals surface area contributed by atoms with Crippen molar-refractivity contribution < 1.29 is 19.1 Å². The van der Waals surface area contributed by atoms with Crippen LogP contribution in [0.25, 0.3) is 0 Å². The first kappa shape index (κ1) is 18.1. The molecule has 1 aliphatic heterocycles. The monoisotopic (exact) mass is 361 g/mol. The molecule has 0 unspecified atom stereocenters. The van der Waals surface area contributed by atoms with E-state index in [-0.39, 0.29) is 42.4 Å². The largest absolute Gasteiger partial charge is 0.394 e. The number of halogens is 1. The second-order valence-corrected chi connectivity index (χ2v) is 6.11. The van der Waals surface area contributed by atoms with Crippen molar-refractivity contribution in [3.05, 3.63) is 57.1 Å². The van der Waals surface area contributed by atoms with Gasteiger partial charge in [0.25, 0.3) is 11.5 Å². The van der Waals surface area contributed by atoms with Gasteiger partial charge in [0.05, 0.1) is 31.0 Å². The molecule has 0 aliphatic carbocycles. The van der Waals surface area contributed by atoms with Crippen molar-refractivity contribution in [3.63, 3.8) is 0 Å². The van der Waals surface area contributed by atoms with Gasteiger partial charge >= 0.3 is 0 Å². The minimum Gasteiger partial charge on any atom is -0.394 e. The Morgan fingerprint density at radius 1 is 1.31 bits per heavy atom. The van der Waals surface area contributed by atoms with Gasteiger partial charge in [-0.3, -0.25) is 19.0 Å². The predicted octanol–water partition coefficient (Wildman–Crippen LogP) is 1.50. The fourth-order valence-electron chi connectivity index (χ4n) is 2.90. The average Bonchev–Trinajstić information content (AvgIpc) is 2.60. The molecule has 0 saturated heterocycles. The molecule has 1 aromatic carbocycles. The summed E-state index contributed by atoms with van der Waals surface area (Å²) in [5, 5.41) is 12.9. The Kier molecular flexibility index (Phi) is 5.06. The summed E-state index contributed by atoms with van der Waals surface area (Å²) in [7, 11) is 1.51. The minimum absolute atomic E-state index is 0.0117. The normalized spacial score (nSPS) is 13.7. The quantitative estimate of drug-likeness (QED) is 0.843. The number of aliphatic hydroxyl groups is 1. The Balaban J connectivity index is 2.06. The van der Waals surface area contributed by atoms with Gasteiger partial charge in [-0.05, 0) is 36.6 Å². The van der Waals surface area contributed by atoms with Crippen molar-refractivity contribution in [3.8, 4) is 0 Å². The Bertz CT molecular complexity index is 910. The highest BCUT2D eigenvalue weighted by Crippen LogP contribution is 2.28. The van der Waals surface area contributed by atoms with E-state index < -0.39 is 11.7 Å². The summed E-state index contributed by atoms with van der Waals surface area (Å²) in [5.41, 5.74) is 1.47. The molecule has 138 valence electrons. The van der Waals surface area contributed by atoms with Gasteiger partial charge in [0.2, 0.25) is 0 Å². The van der Waals surface area contributed by atoms with Gasteiger partial charge in [-0.2, -0.15) is 0 Å². The zero-order valence-electron chi connectivity index (χ0n) is 14.6. The number of aliphatic hydroxyl groups excluding tert-OH is 1. The van der Waals surface area contributed by atoms with Crippen LogP contribution in [0.15, 0.2) is 29.1 Å². The highest BCUT2D eigenvalue weighted by Gasteiger charge is 2.30. The number of carbonyl (C=O) groups is 1. The van der Waals surface area contributed by atoms with E-state index in [9.17, 15) is 14.0 Å². The second kappa shape index (κ2) is 7.27. The summed E-state index contributed by atoms with van der Waals surface area (Å²) in [4.78, 5) is 30.3. The molecule has 0 bridgehead atoms. The topological polar surface area (TPSA) is 83.8 Å². The highest BCUT2D eigenvalue weighted by molar-refractivity contribution is 6.01. The summed E-state index contributed by atoms with van der Waals surface area (Å²) < 4.78 is 15.5. The zero-order valence-corrected chi connectivity index (χ0v) is 14.6. The number of nitrogens with one attached hydrogen (secondary N) is 1. The van der Waals surface area contributed by atoms with Crippen molar-refractivity contribution in [2.75, 3.05) is 25.1 Å². The Hall–Kier alpha value is -2.71. The fourth-order valence-corrected chi connectivity index (χ4v) is 2.90. The standard InChI is InChI=1S/C18H20FN3O4/c1-11-3-4-14(13(19)9-11)20-17-16-12(10-15(24)21(17)2)5-6-22(18(16)25)26-8-7-23/h3-4,9-10,20,23H,5-8H2,1-2H3. The number of rotatable bonds is 5. The number of amides is 1. The summed E-state index contributed by atoms with van der Waals surface area (Å²) in [6, 6.07) is 6.07. The molecule has 0 radical (unpaired) electrons. The van der Waals surface area contributed by atoms with Crippen LogP contribution < -0.4 is 10.9 Å². The number of carbonyl (C=O) groups excluding carboxylic acids is 1. The zero-order chi connectivity index (χ0) is 18.8. The smallest absolute Gasteiger partial charge is 0.281 e. The van der Waals surface area contributed by atoms with Crippen molar-refractivity contribution in [1.82, 2.24) is 9.63 Å². The lowest BCUT2D eigenvalue weighted by Crippen LogP contribution is -2.40.